The van der Waals surface area contributed by atoms with Crippen LogP contribution in [-0.4, -0.2) is 37.2 Å². The summed E-state index contributed by atoms with van der Waals surface area (Å²) >= 11 is 0. The van der Waals surface area contributed by atoms with Crippen LogP contribution in [0.3, 0.4) is 0 Å². The molecule has 1 unspecified atom stereocenters. The van der Waals surface area contributed by atoms with Gasteiger partial charge in [0.2, 0.25) is 0 Å². The number of rotatable bonds is 5. The second-order valence-electron chi connectivity index (χ2n) is 6.24. The highest BCUT2D eigenvalue weighted by atomic mass is 15.3. The standard InChI is InChI=1S/C17H25N5/c1-14-12-15(2)20-17(19-14)13-21-9-4-3-6-16(21)7-11-22-10-5-8-18-22/h5,8,10,12,16H,3-4,6-7,9,11,13H2,1-2H3. The van der Waals surface area contributed by atoms with Gasteiger partial charge in [0, 0.05) is 36.4 Å². The van der Waals surface area contributed by atoms with Crippen molar-refractivity contribution in [2.45, 2.75) is 58.7 Å². The van der Waals surface area contributed by atoms with Crippen LogP contribution >= 0.6 is 0 Å². The second kappa shape index (κ2) is 7.01. The Morgan fingerprint density at radius 2 is 2.00 bits per heavy atom. The minimum atomic E-state index is 0.613. The summed E-state index contributed by atoms with van der Waals surface area (Å²) in [6, 6.07) is 4.64. The van der Waals surface area contributed by atoms with Gasteiger partial charge in [-0.2, -0.15) is 5.10 Å². The van der Waals surface area contributed by atoms with Crippen LogP contribution in [-0.2, 0) is 13.1 Å². The fourth-order valence-electron chi connectivity index (χ4n) is 3.36. The van der Waals surface area contributed by atoms with Crippen LogP contribution in [0.2, 0.25) is 0 Å². The van der Waals surface area contributed by atoms with Crippen molar-refractivity contribution in [2.24, 2.45) is 0 Å². The Morgan fingerprint density at radius 1 is 1.18 bits per heavy atom. The number of hydrogen-bond acceptors (Lipinski definition) is 4. The third-order valence-electron chi connectivity index (χ3n) is 4.37. The Bertz CT molecular complexity index is 573. The molecule has 1 fully saturated rings. The molecule has 2 aromatic rings. The van der Waals surface area contributed by atoms with Crippen molar-refractivity contribution in [3.05, 3.63) is 41.7 Å². The van der Waals surface area contributed by atoms with E-state index in [4.69, 9.17) is 0 Å². The largest absolute Gasteiger partial charge is 0.293 e. The van der Waals surface area contributed by atoms with Crippen LogP contribution in [0.5, 0.6) is 0 Å². The van der Waals surface area contributed by atoms with Gasteiger partial charge < -0.3 is 0 Å². The summed E-state index contributed by atoms with van der Waals surface area (Å²) < 4.78 is 2.03. The predicted octanol–water partition coefficient (Wildman–Crippen LogP) is 2.73. The van der Waals surface area contributed by atoms with Crippen molar-refractivity contribution in [1.29, 1.82) is 0 Å². The summed E-state index contributed by atoms with van der Waals surface area (Å²) in [5.41, 5.74) is 2.13. The molecule has 1 saturated heterocycles. The van der Waals surface area contributed by atoms with Crippen molar-refractivity contribution < 1.29 is 0 Å². The Morgan fingerprint density at radius 3 is 2.73 bits per heavy atom. The molecule has 0 N–H and O–H groups in total. The molecule has 2 aromatic heterocycles. The van der Waals surface area contributed by atoms with E-state index < -0.39 is 0 Å². The third-order valence-corrected chi connectivity index (χ3v) is 4.37. The first-order valence-corrected chi connectivity index (χ1v) is 8.23. The lowest BCUT2D eigenvalue weighted by Gasteiger charge is -2.35. The Balaban J connectivity index is 1.64. The van der Waals surface area contributed by atoms with E-state index in [0.717, 1.165) is 43.3 Å². The fourth-order valence-corrected chi connectivity index (χ4v) is 3.36. The lowest BCUT2D eigenvalue weighted by Crippen LogP contribution is -2.40. The summed E-state index contributed by atoms with van der Waals surface area (Å²) in [7, 11) is 0. The topological polar surface area (TPSA) is 46.8 Å². The molecule has 0 saturated carbocycles. The monoisotopic (exact) mass is 299 g/mol. The molecule has 0 spiro atoms. The smallest absolute Gasteiger partial charge is 0.142 e. The van der Waals surface area contributed by atoms with Crippen LogP contribution in [0.15, 0.2) is 24.5 Å². The number of piperidine rings is 1. The Labute approximate surface area is 132 Å². The molecule has 5 nitrogen and oxygen atoms in total. The molecule has 1 aliphatic rings. The van der Waals surface area contributed by atoms with Gasteiger partial charge >= 0.3 is 0 Å². The van der Waals surface area contributed by atoms with Gasteiger partial charge in [0.05, 0.1) is 6.54 Å². The van der Waals surface area contributed by atoms with E-state index in [2.05, 4.69) is 20.0 Å². The molecule has 22 heavy (non-hydrogen) atoms. The quantitative estimate of drug-likeness (QED) is 0.851. The molecule has 0 radical (unpaired) electrons. The maximum Gasteiger partial charge on any atom is 0.142 e. The Hall–Kier alpha value is -1.75. The number of nitrogens with zero attached hydrogens (tertiary/aromatic N) is 5. The first-order valence-electron chi connectivity index (χ1n) is 8.23. The van der Waals surface area contributed by atoms with Crippen LogP contribution in [0.1, 0.15) is 42.9 Å². The Kier molecular flexibility index (Phi) is 4.83. The highest BCUT2D eigenvalue weighted by molar-refractivity contribution is 5.08. The lowest BCUT2D eigenvalue weighted by atomic mass is 9.99. The molecule has 0 aliphatic carbocycles. The lowest BCUT2D eigenvalue weighted by molar-refractivity contribution is 0.124. The van der Waals surface area contributed by atoms with Gasteiger partial charge in [-0.1, -0.05) is 6.42 Å². The van der Waals surface area contributed by atoms with Gasteiger partial charge in [-0.05, 0) is 51.8 Å². The van der Waals surface area contributed by atoms with Gasteiger partial charge in [-0.25, -0.2) is 9.97 Å². The number of hydrogen-bond donors (Lipinski definition) is 0. The number of aryl methyl sites for hydroxylation is 3. The zero-order valence-electron chi connectivity index (χ0n) is 13.6. The van der Waals surface area contributed by atoms with Crippen LogP contribution in [0.25, 0.3) is 0 Å². The van der Waals surface area contributed by atoms with Crippen molar-refractivity contribution in [3.63, 3.8) is 0 Å². The van der Waals surface area contributed by atoms with Gasteiger partial charge in [-0.15, -0.1) is 0 Å². The van der Waals surface area contributed by atoms with E-state index >= 15 is 0 Å². The molecule has 3 rings (SSSR count). The van der Waals surface area contributed by atoms with Crippen molar-refractivity contribution >= 4 is 0 Å². The maximum atomic E-state index is 4.60. The van der Waals surface area contributed by atoms with Crippen LogP contribution in [0, 0.1) is 13.8 Å². The molecule has 0 amide bonds. The molecule has 1 atom stereocenters. The molecule has 5 heteroatoms. The van der Waals surface area contributed by atoms with Crippen molar-refractivity contribution in [2.75, 3.05) is 6.54 Å². The summed E-state index contributed by atoms with van der Waals surface area (Å²) in [4.78, 5) is 11.8. The summed E-state index contributed by atoms with van der Waals surface area (Å²) in [6.45, 7) is 7.10. The average molecular weight is 299 g/mol. The molecular weight excluding hydrogens is 274 g/mol. The third kappa shape index (κ3) is 3.91. The summed E-state index contributed by atoms with van der Waals surface area (Å²) in [5, 5.41) is 4.31. The van der Waals surface area contributed by atoms with Crippen LogP contribution in [0.4, 0.5) is 0 Å². The zero-order chi connectivity index (χ0) is 15.4. The van der Waals surface area contributed by atoms with Crippen LogP contribution < -0.4 is 0 Å². The van der Waals surface area contributed by atoms with E-state index in [0.29, 0.717) is 6.04 Å². The minimum Gasteiger partial charge on any atom is -0.293 e. The molecule has 1 aliphatic heterocycles. The van der Waals surface area contributed by atoms with E-state index in [9.17, 15) is 0 Å². The predicted molar refractivity (Wildman–Crippen MR) is 86.4 cm³/mol. The molecule has 0 aromatic carbocycles. The van der Waals surface area contributed by atoms with Crippen molar-refractivity contribution in [3.8, 4) is 0 Å². The molecule has 118 valence electrons. The van der Waals surface area contributed by atoms with Gasteiger partial charge in [0.15, 0.2) is 0 Å². The minimum absolute atomic E-state index is 0.613. The molecule has 0 bridgehead atoms. The van der Waals surface area contributed by atoms with Gasteiger partial charge in [-0.3, -0.25) is 9.58 Å². The normalized spacial score (nSPS) is 19.5. The number of aromatic nitrogens is 4. The maximum absolute atomic E-state index is 4.60. The van der Waals surface area contributed by atoms with E-state index in [1.54, 1.807) is 0 Å². The zero-order valence-corrected chi connectivity index (χ0v) is 13.6. The molecular formula is C17H25N5. The summed E-state index contributed by atoms with van der Waals surface area (Å²) in [6.07, 6.45) is 8.91. The SMILES string of the molecule is Cc1cc(C)nc(CN2CCCCC2CCn2cccn2)n1. The molecule has 3 heterocycles. The number of likely N-dealkylation sites (tertiary alicyclic amines) is 1. The van der Waals surface area contributed by atoms with Crippen molar-refractivity contribution in [1.82, 2.24) is 24.6 Å². The summed E-state index contributed by atoms with van der Waals surface area (Å²) in [5.74, 6) is 0.962. The van der Waals surface area contributed by atoms with E-state index in [-0.39, 0.29) is 0 Å². The van der Waals surface area contributed by atoms with Gasteiger partial charge in [0.1, 0.15) is 5.82 Å². The van der Waals surface area contributed by atoms with E-state index in [1.807, 2.05) is 43.1 Å². The highest BCUT2D eigenvalue weighted by Gasteiger charge is 2.23. The first-order chi connectivity index (χ1) is 10.7. The fraction of sp³-hybridized carbons (Fsp3) is 0.588. The highest BCUT2D eigenvalue weighted by Crippen LogP contribution is 2.21. The second-order valence-corrected chi connectivity index (χ2v) is 6.24. The van der Waals surface area contributed by atoms with E-state index in [1.165, 1.54) is 19.3 Å². The first kappa shape index (κ1) is 15.2. The van der Waals surface area contributed by atoms with Gasteiger partial charge in [0.25, 0.3) is 0 Å². The average Bonchev–Trinajstić information content (AvgIpc) is 2.98.